The maximum atomic E-state index is 12.7. The summed E-state index contributed by atoms with van der Waals surface area (Å²) in [6.45, 7) is 6.01. The summed E-state index contributed by atoms with van der Waals surface area (Å²) in [7, 11) is 1.63. The third-order valence-electron chi connectivity index (χ3n) is 4.47. The van der Waals surface area contributed by atoms with E-state index >= 15 is 0 Å². The van der Waals surface area contributed by atoms with E-state index in [0.717, 1.165) is 11.1 Å². The number of hydrogen-bond donors (Lipinski definition) is 0. The molecule has 2 aromatic carbocycles. The first kappa shape index (κ1) is 18.3. The molecule has 0 N–H and O–H groups in total. The third kappa shape index (κ3) is 4.35. The fourth-order valence-corrected chi connectivity index (χ4v) is 2.96. The van der Waals surface area contributed by atoms with E-state index in [9.17, 15) is 4.79 Å². The molecule has 0 bridgehead atoms. The van der Waals surface area contributed by atoms with Crippen LogP contribution in [0.3, 0.4) is 0 Å². The van der Waals surface area contributed by atoms with Crippen LogP contribution in [0.1, 0.15) is 21.5 Å². The minimum Gasteiger partial charge on any atom is -0.493 e. The second-order valence-corrected chi connectivity index (χ2v) is 6.58. The Morgan fingerprint density at radius 3 is 2.58 bits per heavy atom. The van der Waals surface area contributed by atoms with E-state index in [1.54, 1.807) is 7.11 Å². The van der Waals surface area contributed by atoms with Gasteiger partial charge in [0.15, 0.2) is 11.5 Å². The Labute approximate surface area is 154 Å². The Kier molecular flexibility index (Phi) is 5.78. The molecule has 5 nitrogen and oxygen atoms in total. The molecule has 0 saturated carbocycles. The van der Waals surface area contributed by atoms with E-state index in [2.05, 4.69) is 0 Å². The topological polar surface area (TPSA) is 48.0 Å². The van der Waals surface area contributed by atoms with E-state index in [0.29, 0.717) is 43.4 Å². The lowest BCUT2D eigenvalue weighted by molar-refractivity contribution is -0.0403. The van der Waals surface area contributed by atoms with Crippen molar-refractivity contribution in [2.45, 2.75) is 20.0 Å². The standard InChI is InChI=1S/C21H25NO4/c1-15-4-7-17(8-5-15)21(23)22-10-11-25-18(13-22)14-26-19-9-6-16(2)12-20(19)24-3/h4-9,12,18H,10-11,13-14H2,1-3H3/t18-/m1/s1. The minimum atomic E-state index is -0.163. The monoisotopic (exact) mass is 355 g/mol. The maximum absolute atomic E-state index is 12.7. The summed E-state index contributed by atoms with van der Waals surface area (Å²) in [5, 5.41) is 0. The largest absolute Gasteiger partial charge is 0.493 e. The molecule has 138 valence electrons. The van der Waals surface area contributed by atoms with Crippen LogP contribution in [-0.2, 0) is 4.74 Å². The number of carbonyl (C=O) groups excluding carboxylic acids is 1. The summed E-state index contributed by atoms with van der Waals surface area (Å²) >= 11 is 0. The molecular weight excluding hydrogens is 330 g/mol. The fraction of sp³-hybridized carbons (Fsp3) is 0.381. The lowest BCUT2D eigenvalue weighted by Crippen LogP contribution is -2.47. The van der Waals surface area contributed by atoms with Crippen molar-refractivity contribution in [1.82, 2.24) is 4.90 Å². The van der Waals surface area contributed by atoms with Crippen LogP contribution in [0.25, 0.3) is 0 Å². The zero-order chi connectivity index (χ0) is 18.5. The van der Waals surface area contributed by atoms with Crippen LogP contribution in [0, 0.1) is 13.8 Å². The molecule has 0 aliphatic carbocycles. The molecule has 26 heavy (non-hydrogen) atoms. The molecule has 1 amide bonds. The van der Waals surface area contributed by atoms with Gasteiger partial charge in [0.25, 0.3) is 5.91 Å². The highest BCUT2D eigenvalue weighted by Gasteiger charge is 2.25. The molecule has 2 aromatic rings. The highest BCUT2D eigenvalue weighted by molar-refractivity contribution is 5.94. The zero-order valence-corrected chi connectivity index (χ0v) is 15.5. The summed E-state index contributed by atoms with van der Waals surface area (Å²) in [5.74, 6) is 1.42. The molecule has 1 aliphatic heterocycles. The Bertz CT molecular complexity index is 757. The number of methoxy groups -OCH3 is 1. The molecular formula is C21H25NO4. The number of carbonyl (C=O) groups is 1. The lowest BCUT2D eigenvalue weighted by atomic mass is 10.1. The van der Waals surface area contributed by atoms with Gasteiger partial charge in [-0.15, -0.1) is 0 Å². The quantitative estimate of drug-likeness (QED) is 0.826. The van der Waals surface area contributed by atoms with Crippen molar-refractivity contribution >= 4 is 5.91 Å². The number of ether oxygens (including phenoxy) is 3. The van der Waals surface area contributed by atoms with Gasteiger partial charge in [-0.2, -0.15) is 0 Å². The Morgan fingerprint density at radius 2 is 1.85 bits per heavy atom. The number of nitrogens with zero attached hydrogens (tertiary/aromatic N) is 1. The van der Waals surface area contributed by atoms with Crippen molar-refractivity contribution in [2.24, 2.45) is 0 Å². The van der Waals surface area contributed by atoms with Crippen molar-refractivity contribution in [3.63, 3.8) is 0 Å². The molecule has 0 aromatic heterocycles. The number of amides is 1. The molecule has 1 atom stereocenters. The van der Waals surface area contributed by atoms with Crippen LogP contribution in [-0.4, -0.2) is 50.3 Å². The highest BCUT2D eigenvalue weighted by atomic mass is 16.5. The zero-order valence-electron chi connectivity index (χ0n) is 15.5. The van der Waals surface area contributed by atoms with Crippen molar-refractivity contribution in [3.05, 3.63) is 59.2 Å². The van der Waals surface area contributed by atoms with E-state index in [-0.39, 0.29) is 12.0 Å². The Balaban J connectivity index is 1.60. The average molecular weight is 355 g/mol. The maximum Gasteiger partial charge on any atom is 0.254 e. The first-order valence-corrected chi connectivity index (χ1v) is 8.82. The predicted molar refractivity (Wildman–Crippen MR) is 100 cm³/mol. The molecule has 1 heterocycles. The summed E-state index contributed by atoms with van der Waals surface area (Å²) in [4.78, 5) is 14.5. The van der Waals surface area contributed by atoms with Gasteiger partial charge in [0.05, 0.1) is 20.3 Å². The van der Waals surface area contributed by atoms with Gasteiger partial charge in [-0.25, -0.2) is 0 Å². The van der Waals surface area contributed by atoms with Crippen molar-refractivity contribution in [2.75, 3.05) is 33.4 Å². The summed E-state index contributed by atoms with van der Waals surface area (Å²) in [6, 6.07) is 13.5. The van der Waals surface area contributed by atoms with Crippen molar-refractivity contribution in [3.8, 4) is 11.5 Å². The molecule has 1 aliphatic rings. The average Bonchev–Trinajstić information content (AvgIpc) is 2.67. The van der Waals surface area contributed by atoms with Crippen LogP contribution in [0.15, 0.2) is 42.5 Å². The van der Waals surface area contributed by atoms with Gasteiger partial charge < -0.3 is 19.1 Å². The molecule has 3 rings (SSSR count). The van der Waals surface area contributed by atoms with Gasteiger partial charge in [-0.3, -0.25) is 4.79 Å². The van der Waals surface area contributed by atoms with Gasteiger partial charge >= 0.3 is 0 Å². The molecule has 0 unspecified atom stereocenters. The van der Waals surface area contributed by atoms with Crippen LogP contribution in [0.5, 0.6) is 11.5 Å². The predicted octanol–water partition coefficient (Wildman–Crippen LogP) is 3.23. The highest BCUT2D eigenvalue weighted by Crippen LogP contribution is 2.28. The Hall–Kier alpha value is -2.53. The normalized spacial score (nSPS) is 17.0. The smallest absolute Gasteiger partial charge is 0.254 e. The number of aryl methyl sites for hydroxylation is 2. The van der Waals surface area contributed by atoms with Crippen molar-refractivity contribution in [1.29, 1.82) is 0 Å². The second-order valence-electron chi connectivity index (χ2n) is 6.58. The molecule has 0 radical (unpaired) electrons. The number of benzene rings is 2. The van der Waals surface area contributed by atoms with E-state index < -0.39 is 0 Å². The molecule has 5 heteroatoms. The number of rotatable bonds is 5. The van der Waals surface area contributed by atoms with Gasteiger partial charge in [0, 0.05) is 12.1 Å². The van der Waals surface area contributed by atoms with Crippen LogP contribution in [0.2, 0.25) is 0 Å². The van der Waals surface area contributed by atoms with Gasteiger partial charge in [-0.05, 0) is 43.7 Å². The van der Waals surface area contributed by atoms with Crippen LogP contribution in [0.4, 0.5) is 0 Å². The second kappa shape index (κ2) is 8.23. The first-order chi connectivity index (χ1) is 12.6. The first-order valence-electron chi connectivity index (χ1n) is 8.82. The lowest BCUT2D eigenvalue weighted by Gasteiger charge is -2.33. The number of hydrogen-bond acceptors (Lipinski definition) is 4. The van der Waals surface area contributed by atoms with Gasteiger partial charge in [-0.1, -0.05) is 23.8 Å². The molecule has 1 fully saturated rings. The van der Waals surface area contributed by atoms with Crippen LogP contribution >= 0.6 is 0 Å². The summed E-state index contributed by atoms with van der Waals surface area (Å²) < 4.78 is 17.0. The van der Waals surface area contributed by atoms with Gasteiger partial charge in [0.2, 0.25) is 0 Å². The third-order valence-corrected chi connectivity index (χ3v) is 4.47. The van der Waals surface area contributed by atoms with Gasteiger partial charge in [0.1, 0.15) is 12.7 Å². The molecule has 0 spiro atoms. The fourth-order valence-electron chi connectivity index (χ4n) is 2.96. The minimum absolute atomic E-state index is 0.0335. The number of morpholine rings is 1. The summed E-state index contributed by atoms with van der Waals surface area (Å²) in [5.41, 5.74) is 2.96. The van der Waals surface area contributed by atoms with E-state index in [1.807, 2.05) is 61.2 Å². The van der Waals surface area contributed by atoms with Crippen molar-refractivity contribution < 1.29 is 19.0 Å². The SMILES string of the molecule is COc1cc(C)ccc1OC[C@H]1CN(C(=O)c2ccc(C)cc2)CCO1. The van der Waals surface area contributed by atoms with E-state index in [1.165, 1.54) is 0 Å². The summed E-state index contributed by atoms with van der Waals surface area (Å²) in [6.07, 6.45) is -0.163. The molecule has 1 saturated heterocycles. The Morgan fingerprint density at radius 1 is 1.12 bits per heavy atom. The van der Waals surface area contributed by atoms with E-state index in [4.69, 9.17) is 14.2 Å². The van der Waals surface area contributed by atoms with Crippen LogP contribution < -0.4 is 9.47 Å².